The monoisotopic (exact) mass is 288 g/mol. The first-order valence-corrected chi connectivity index (χ1v) is 6.12. The van der Waals surface area contributed by atoms with Gasteiger partial charge in [-0.3, -0.25) is 4.79 Å². The highest BCUT2D eigenvalue weighted by molar-refractivity contribution is 6.08. The predicted octanol–water partition coefficient (Wildman–Crippen LogP) is 2.28. The molecular weight excluding hydrogens is 275 g/mol. The van der Waals surface area contributed by atoms with Crippen molar-refractivity contribution in [2.45, 2.75) is 0 Å². The Morgan fingerprint density at radius 2 is 1.86 bits per heavy atom. The van der Waals surface area contributed by atoms with Crippen LogP contribution in [0.15, 0.2) is 42.5 Å². The Morgan fingerprint density at radius 3 is 2.52 bits per heavy atom. The lowest BCUT2D eigenvalue weighted by Gasteiger charge is -2.19. The zero-order valence-corrected chi connectivity index (χ0v) is 11.5. The zero-order chi connectivity index (χ0) is 15.4. The molecule has 0 saturated carbocycles. The Morgan fingerprint density at radius 1 is 1.14 bits per heavy atom. The average Bonchev–Trinajstić information content (AvgIpc) is 2.52. The van der Waals surface area contributed by atoms with Crippen molar-refractivity contribution in [1.29, 1.82) is 0 Å². The summed E-state index contributed by atoms with van der Waals surface area (Å²) in [4.78, 5) is 28.8. The van der Waals surface area contributed by atoms with Crippen LogP contribution in [0.3, 0.4) is 0 Å². The Kier molecular flexibility index (Phi) is 4.27. The van der Waals surface area contributed by atoms with Gasteiger partial charge in [-0.25, -0.2) is 9.78 Å². The molecule has 2 rings (SSSR count). The minimum Gasteiger partial charge on any atom is -0.465 e. The number of benzene rings is 1. The fraction of sp³-hybridized carbons (Fsp3) is 0.133. The number of para-hydroxylation sites is 1. The molecule has 2 aromatic rings. The third kappa shape index (κ3) is 3.05. The normalized spacial score (nSPS) is 10.0. The summed E-state index contributed by atoms with van der Waals surface area (Å²) in [5.41, 5.74) is 0.560. The van der Waals surface area contributed by atoms with Gasteiger partial charge in [-0.2, -0.15) is 4.39 Å². The van der Waals surface area contributed by atoms with E-state index >= 15 is 0 Å². The largest absolute Gasteiger partial charge is 0.465 e. The summed E-state index contributed by atoms with van der Waals surface area (Å²) in [5, 5.41) is 0. The number of nitrogens with zero attached hydrogens (tertiary/aromatic N) is 2. The fourth-order valence-electron chi connectivity index (χ4n) is 1.86. The highest BCUT2D eigenvalue weighted by Crippen LogP contribution is 2.21. The fourth-order valence-corrected chi connectivity index (χ4v) is 1.86. The average molecular weight is 288 g/mol. The molecule has 0 N–H and O–H groups in total. The van der Waals surface area contributed by atoms with Crippen molar-refractivity contribution in [2.24, 2.45) is 0 Å². The highest BCUT2D eigenvalue weighted by atomic mass is 19.1. The van der Waals surface area contributed by atoms with Crippen LogP contribution < -0.4 is 4.90 Å². The molecule has 21 heavy (non-hydrogen) atoms. The molecule has 0 saturated heterocycles. The van der Waals surface area contributed by atoms with E-state index in [1.165, 1.54) is 31.2 Å². The number of esters is 1. The smallest absolute Gasteiger partial charge is 0.339 e. The molecule has 1 aromatic carbocycles. The topological polar surface area (TPSA) is 59.5 Å². The van der Waals surface area contributed by atoms with Crippen LogP contribution in [0.5, 0.6) is 0 Å². The number of aromatic nitrogens is 1. The molecule has 0 spiro atoms. The van der Waals surface area contributed by atoms with Gasteiger partial charge >= 0.3 is 5.97 Å². The van der Waals surface area contributed by atoms with Gasteiger partial charge in [0.25, 0.3) is 5.91 Å². The molecule has 0 fully saturated rings. The van der Waals surface area contributed by atoms with Crippen LogP contribution in [0.4, 0.5) is 10.1 Å². The van der Waals surface area contributed by atoms with E-state index in [-0.39, 0.29) is 11.3 Å². The summed E-state index contributed by atoms with van der Waals surface area (Å²) >= 11 is 0. The van der Waals surface area contributed by atoms with Gasteiger partial charge in [0.15, 0.2) is 0 Å². The standard InChI is InChI=1S/C15H13FN2O3/c1-18(14(19)11-7-5-9-13(16)17-11)12-8-4-3-6-10(12)15(20)21-2/h3-9H,1-2H3. The van der Waals surface area contributed by atoms with Gasteiger partial charge in [-0.1, -0.05) is 18.2 Å². The molecular formula is C15H13FN2O3. The van der Waals surface area contributed by atoms with E-state index in [1.807, 2.05) is 0 Å². The molecule has 1 aromatic heterocycles. The van der Waals surface area contributed by atoms with Crippen molar-refractivity contribution < 1.29 is 18.7 Å². The lowest BCUT2D eigenvalue weighted by molar-refractivity contribution is 0.0601. The summed E-state index contributed by atoms with van der Waals surface area (Å²) < 4.78 is 17.8. The summed E-state index contributed by atoms with van der Waals surface area (Å²) in [6, 6.07) is 10.4. The summed E-state index contributed by atoms with van der Waals surface area (Å²) in [5.74, 6) is -1.82. The Bertz CT molecular complexity index is 688. The summed E-state index contributed by atoms with van der Waals surface area (Å²) in [6.45, 7) is 0. The summed E-state index contributed by atoms with van der Waals surface area (Å²) in [7, 11) is 2.74. The second-order valence-electron chi connectivity index (χ2n) is 4.22. The number of hydrogen-bond acceptors (Lipinski definition) is 4. The van der Waals surface area contributed by atoms with Gasteiger partial charge in [0.2, 0.25) is 5.95 Å². The van der Waals surface area contributed by atoms with E-state index in [2.05, 4.69) is 9.72 Å². The summed E-state index contributed by atoms with van der Waals surface area (Å²) in [6.07, 6.45) is 0. The number of amides is 1. The quantitative estimate of drug-likeness (QED) is 0.642. The minimum atomic E-state index is -0.740. The van der Waals surface area contributed by atoms with Gasteiger partial charge in [-0.15, -0.1) is 0 Å². The van der Waals surface area contributed by atoms with E-state index in [0.717, 1.165) is 6.07 Å². The molecule has 0 aliphatic rings. The van der Waals surface area contributed by atoms with Crippen LogP contribution in [0.1, 0.15) is 20.8 Å². The second kappa shape index (κ2) is 6.13. The number of methoxy groups -OCH3 is 1. The second-order valence-corrected chi connectivity index (χ2v) is 4.22. The molecule has 1 amide bonds. The zero-order valence-electron chi connectivity index (χ0n) is 11.5. The van der Waals surface area contributed by atoms with E-state index < -0.39 is 17.8 Å². The first-order valence-electron chi connectivity index (χ1n) is 6.12. The van der Waals surface area contributed by atoms with E-state index in [1.54, 1.807) is 24.3 Å². The van der Waals surface area contributed by atoms with E-state index in [0.29, 0.717) is 5.69 Å². The van der Waals surface area contributed by atoms with Crippen molar-refractivity contribution in [1.82, 2.24) is 4.98 Å². The molecule has 108 valence electrons. The van der Waals surface area contributed by atoms with Crippen LogP contribution in [0, 0.1) is 5.95 Å². The highest BCUT2D eigenvalue weighted by Gasteiger charge is 2.20. The van der Waals surface area contributed by atoms with Gasteiger partial charge in [0, 0.05) is 7.05 Å². The number of halogens is 1. The molecule has 0 unspecified atom stereocenters. The lowest BCUT2D eigenvalue weighted by atomic mass is 10.1. The molecule has 0 radical (unpaired) electrons. The number of hydrogen-bond donors (Lipinski definition) is 0. The SMILES string of the molecule is COC(=O)c1ccccc1N(C)C(=O)c1cccc(F)n1. The first kappa shape index (κ1) is 14.6. The van der Waals surface area contributed by atoms with Gasteiger partial charge < -0.3 is 9.64 Å². The Balaban J connectivity index is 2.38. The molecule has 0 atom stereocenters. The maximum Gasteiger partial charge on any atom is 0.339 e. The molecule has 0 aliphatic carbocycles. The molecule has 0 aliphatic heterocycles. The molecule has 6 heteroatoms. The van der Waals surface area contributed by atoms with Crippen molar-refractivity contribution in [3.05, 3.63) is 59.7 Å². The maximum atomic E-state index is 13.1. The minimum absolute atomic E-state index is 0.0443. The predicted molar refractivity (Wildman–Crippen MR) is 74.7 cm³/mol. The van der Waals surface area contributed by atoms with Gasteiger partial charge in [0.05, 0.1) is 18.4 Å². The van der Waals surface area contributed by atoms with E-state index in [4.69, 9.17) is 0 Å². The maximum absolute atomic E-state index is 13.1. The van der Waals surface area contributed by atoms with Crippen molar-refractivity contribution in [3.8, 4) is 0 Å². The molecule has 0 bridgehead atoms. The number of anilines is 1. The number of rotatable bonds is 3. The third-order valence-corrected chi connectivity index (χ3v) is 2.91. The van der Waals surface area contributed by atoms with Crippen LogP contribution in [0.25, 0.3) is 0 Å². The number of ether oxygens (including phenoxy) is 1. The lowest BCUT2D eigenvalue weighted by Crippen LogP contribution is -2.29. The van der Waals surface area contributed by atoms with Crippen LogP contribution in [-0.4, -0.2) is 31.0 Å². The first-order chi connectivity index (χ1) is 10.0. The van der Waals surface area contributed by atoms with Crippen molar-refractivity contribution >= 4 is 17.6 Å². The van der Waals surface area contributed by atoms with Crippen molar-refractivity contribution in [3.63, 3.8) is 0 Å². The number of pyridine rings is 1. The number of carbonyl (C=O) groups is 2. The van der Waals surface area contributed by atoms with Gasteiger partial charge in [0.1, 0.15) is 5.69 Å². The third-order valence-electron chi connectivity index (χ3n) is 2.91. The van der Waals surface area contributed by atoms with E-state index in [9.17, 15) is 14.0 Å². The Hall–Kier alpha value is -2.76. The van der Waals surface area contributed by atoms with Crippen LogP contribution >= 0.6 is 0 Å². The molecule has 1 heterocycles. The van der Waals surface area contributed by atoms with Crippen LogP contribution in [-0.2, 0) is 4.74 Å². The van der Waals surface area contributed by atoms with Gasteiger partial charge in [-0.05, 0) is 24.3 Å². The Labute approximate surface area is 121 Å². The number of carbonyl (C=O) groups excluding carboxylic acids is 2. The van der Waals surface area contributed by atoms with Crippen LogP contribution in [0.2, 0.25) is 0 Å². The molecule has 5 nitrogen and oxygen atoms in total. The van der Waals surface area contributed by atoms with Crippen molar-refractivity contribution in [2.75, 3.05) is 19.1 Å².